The molecule has 0 amide bonds. The van der Waals surface area contributed by atoms with Crippen LogP contribution in [-0.2, 0) is 4.79 Å². The molecule has 0 saturated heterocycles. The van der Waals surface area contributed by atoms with Gasteiger partial charge in [0.05, 0.1) is 0 Å². The lowest BCUT2D eigenvalue weighted by atomic mass is 10.0. The van der Waals surface area contributed by atoms with Crippen molar-refractivity contribution in [3.63, 3.8) is 0 Å². The molecule has 2 N–H and O–H groups in total. The van der Waals surface area contributed by atoms with Gasteiger partial charge in [0.1, 0.15) is 5.88 Å². The van der Waals surface area contributed by atoms with Crippen molar-refractivity contribution in [2.24, 2.45) is 0 Å². The monoisotopic (exact) mass is 364 g/mol. The first-order valence-corrected chi connectivity index (χ1v) is 10.6. The van der Waals surface area contributed by atoms with Crippen LogP contribution in [-0.4, -0.2) is 28.7 Å². The molecule has 0 aliphatic heterocycles. The van der Waals surface area contributed by atoms with E-state index in [9.17, 15) is 4.79 Å². The molecule has 24 heavy (non-hydrogen) atoms. The lowest BCUT2D eigenvalue weighted by molar-refractivity contribution is -0.134. The minimum atomic E-state index is -0.980. The number of carboxylic acids is 1. The molecule has 0 aliphatic carbocycles. The van der Waals surface area contributed by atoms with Crippen molar-refractivity contribution in [1.82, 2.24) is 0 Å². The summed E-state index contributed by atoms with van der Waals surface area (Å²) in [5, 5.41) is 16.3. The fourth-order valence-electron chi connectivity index (χ4n) is 2.66. The van der Waals surface area contributed by atoms with Gasteiger partial charge in [0.2, 0.25) is 0 Å². The molecule has 0 heterocycles. The first-order chi connectivity index (χ1) is 11.7. The Morgan fingerprint density at radius 2 is 0.917 bits per heavy atom. The van der Waals surface area contributed by atoms with Crippen LogP contribution in [0, 0.1) is 0 Å². The van der Waals surface area contributed by atoms with E-state index >= 15 is 0 Å². The van der Waals surface area contributed by atoms with Crippen LogP contribution < -0.4 is 0 Å². The van der Waals surface area contributed by atoms with Crippen molar-refractivity contribution >= 4 is 17.6 Å². The molecular formula is C20H41ClO3. The zero-order valence-corrected chi connectivity index (χ0v) is 16.7. The van der Waals surface area contributed by atoms with E-state index < -0.39 is 5.97 Å². The largest absolute Gasteiger partial charge is 0.480 e. The molecule has 0 aliphatic rings. The van der Waals surface area contributed by atoms with Gasteiger partial charge in [-0.15, -0.1) is 11.6 Å². The molecule has 0 aromatic carbocycles. The number of aliphatic hydroxyl groups excluding tert-OH is 1. The Morgan fingerprint density at radius 3 is 1.12 bits per heavy atom. The molecule has 0 rings (SSSR count). The molecule has 0 unspecified atom stereocenters. The second kappa shape index (κ2) is 25.0. The Hall–Kier alpha value is -0.280. The summed E-state index contributed by atoms with van der Waals surface area (Å²) in [4.78, 5) is 9.24. The van der Waals surface area contributed by atoms with Crippen LogP contribution in [0.15, 0.2) is 0 Å². The number of carboxylic acid groups (broad SMARTS) is 1. The highest BCUT2D eigenvalue weighted by Gasteiger charge is 1.94. The zero-order chi connectivity index (χ0) is 18.3. The van der Waals surface area contributed by atoms with Crippen LogP contribution in [0.3, 0.4) is 0 Å². The van der Waals surface area contributed by atoms with Crippen LogP contribution >= 0.6 is 11.6 Å². The van der Waals surface area contributed by atoms with Crippen LogP contribution in [0.2, 0.25) is 0 Å². The lowest BCUT2D eigenvalue weighted by Gasteiger charge is -2.03. The van der Waals surface area contributed by atoms with Crippen LogP contribution in [0.4, 0.5) is 0 Å². The third-order valence-corrected chi connectivity index (χ3v) is 4.35. The molecular weight excluding hydrogens is 324 g/mol. The topological polar surface area (TPSA) is 57.5 Å². The van der Waals surface area contributed by atoms with Crippen molar-refractivity contribution in [2.45, 2.75) is 110 Å². The standard InChI is InChI=1S/C18H38O.C2H3ClO2/c1-2-3-4-5-6-7-8-9-10-11-12-13-14-15-16-17-18-19;3-1-2(4)5/h19H,2-18H2,1H3;1H2,(H,4,5). The van der Waals surface area contributed by atoms with E-state index in [1.54, 1.807) is 0 Å². The Labute approximate surface area is 155 Å². The summed E-state index contributed by atoms with van der Waals surface area (Å²) in [6, 6.07) is 0. The average molecular weight is 365 g/mol. The fraction of sp³-hybridized carbons (Fsp3) is 0.950. The summed E-state index contributed by atoms with van der Waals surface area (Å²) in [5.74, 6) is -1.29. The second-order valence-corrected chi connectivity index (χ2v) is 6.82. The Morgan fingerprint density at radius 1 is 0.667 bits per heavy atom. The van der Waals surface area contributed by atoms with Gasteiger partial charge in [0.25, 0.3) is 0 Å². The minimum Gasteiger partial charge on any atom is -0.480 e. The Bertz CT molecular complexity index is 219. The highest BCUT2D eigenvalue weighted by molar-refractivity contribution is 6.26. The van der Waals surface area contributed by atoms with Crippen molar-refractivity contribution in [3.05, 3.63) is 0 Å². The second-order valence-electron chi connectivity index (χ2n) is 6.55. The molecule has 3 nitrogen and oxygen atoms in total. The minimum absolute atomic E-state index is 0.306. The summed E-state index contributed by atoms with van der Waals surface area (Å²) in [6.07, 6.45) is 22.2. The van der Waals surface area contributed by atoms with Gasteiger partial charge in [-0.25, -0.2) is 0 Å². The Kier molecular flexibility index (Phi) is 27.0. The highest BCUT2D eigenvalue weighted by Crippen LogP contribution is 2.13. The van der Waals surface area contributed by atoms with Crippen LogP contribution in [0.25, 0.3) is 0 Å². The summed E-state index contributed by atoms with van der Waals surface area (Å²) in [7, 11) is 0. The number of rotatable bonds is 17. The smallest absolute Gasteiger partial charge is 0.318 e. The van der Waals surface area contributed by atoms with Gasteiger partial charge >= 0.3 is 5.97 Å². The molecule has 0 saturated carbocycles. The summed E-state index contributed by atoms with van der Waals surface area (Å²) >= 11 is 4.74. The maximum Gasteiger partial charge on any atom is 0.318 e. The average Bonchev–Trinajstić information content (AvgIpc) is 2.59. The van der Waals surface area contributed by atoms with E-state index in [1.807, 2.05) is 0 Å². The molecule has 0 radical (unpaired) electrons. The number of hydrogen-bond donors (Lipinski definition) is 2. The van der Waals surface area contributed by atoms with E-state index in [4.69, 9.17) is 21.8 Å². The maximum absolute atomic E-state index is 9.24. The summed E-state index contributed by atoms with van der Waals surface area (Å²) in [5.41, 5.74) is 0. The molecule has 0 aromatic heterocycles. The lowest BCUT2D eigenvalue weighted by Crippen LogP contribution is -1.92. The number of aliphatic carboxylic acids is 1. The zero-order valence-electron chi connectivity index (χ0n) is 15.9. The van der Waals surface area contributed by atoms with E-state index in [2.05, 4.69) is 6.92 Å². The van der Waals surface area contributed by atoms with Crippen molar-refractivity contribution < 1.29 is 15.0 Å². The highest BCUT2D eigenvalue weighted by atomic mass is 35.5. The van der Waals surface area contributed by atoms with Gasteiger partial charge in [-0.05, 0) is 6.42 Å². The predicted octanol–water partition coefficient (Wildman–Crippen LogP) is 6.55. The van der Waals surface area contributed by atoms with Gasteiger partial charge in [-0.1, -0.05) is 103 Å². The number of unbranched alkanes of at least 4 members (excludes halogenated alkanes) is 15. The molecule has 0 atom stereocenters. The van der Waals surface area contributed by atoms with Crippen molar-refractivity contribution in [1.29, 1.82) is 0 Å². The number of aliphatic hydroxyl groups is 1. The first-order valence-electron chi connectivity index (χ1n) is 10.1. The number of alkyl halides is 1. The molecule has 146 valence electrons. The third kappa shape index (κ3) is 29.7. The van der Waals surface area contributed by atoms with E-state index in [1.165, 1.54) is 96.3 Å². The SMILES string of the molecule is CCCCCCCCCCCCCCCCCCO.O=C(O)CCl. The number of hydrogen-bond acceptors (Lipinski definition) is 2. The van der Waals surface area contributed by atoms with Crippen LogP contribution in [0.1, 0.15) is 110 Å². The van der Waals surface area contributed by atoms with Crippen molar-refractivity contribution in [3.8, 4) is 0 Å². The van der Waals surface area contributed by atoms with Gasteiger partial charge in [0, 0.05) is 6.61 Å². The van der Waals surface area contributed by atoms with Gasteiger partial charge in [-0.2, -0.15) is 0 Å². The molecule has 0 aromatic rings. The summed E-state index contributed by atoms with van der Waals surface area (Å²) in [6.45, 7) is 2.66. The molecule has 0 spiro atoms. The van der Waals surface area contributed by atoms with Crippen LogP contribution in [0.5, 0.6) is 0 Å². The molecule has 0 fully saturated rings. The summed E-state index contributed by atoms with van der Waals surface area (Å²) < 4.78 is 0. The van der Waals surface area contributed by atoms with E-state index in [0.29, 0.717) is 6.61 Å². The van der Waals surface area contributed by atoms with Gasteiger partial charge in [-0.3, -0.25) is 4.79 Å². The Balaban J connectivity index is 0. The number of carbonyl (C=O) groups is 1. The quantitative estimate of drug-likeness (QED) is 0.227. The predicted molar refractivity (Wildman–Crippen MR) is 105 cm³/mol. The maximum atomic E-state index is 9.24. The molecule has 4 heteroatoms. The fourth-order valence-corrected chi connectivity index (χ4v) is 2.66. The number of halogens is 1. The molecule has 0 bridgehead atoms. The normalized spacial score (nSPS) is 10.3. The van der Waals surface area contributed by atoms with Gasteiger partial charge in [0.15, 0.2) is 0 Å². The van der Waals surface area contributed by atoms with Crippen molar-refractivity contribution in [2.75, 3.05) is 12.5 Å². The van der Waals surface area contributed by atoms with E-state index in [0.717, 1.165) is 6.42 Å². The van der Waals surface area contributed by atoms with E-state index in [-0.39, 0.29) is 5.88 Å². The third-order valence-electron chi connectivity index (χ3n) is 4.13. The van der Waals surface area contributed by atoms with Gasteiger partial charge < -0.3 is 10.2 Å². The first kappa shape index (κ1) is 26.0.